The lowest BCUT2D eigenvalue weighted by Crippen LogP contribution is -2.28. The van der Waals surface area contributed by atoms with Crippen LogP contribution in [0, 0.1) is 0 Å². The second kappa shape index (κ2) is 9.90. The fourth-order valence-electron chi connectivity index (χ4n) is 3.24. The molecule has 2 aromatic rings. The van der Waals surface area contributed by atoms with Gasteiger partial charge in [0.1, 0.15) is 5.75 Å². The van der Waals surface area contributed by atoms with E-state index in [1.807, 2.05) is 18.2 Å². The van der Waals surface area contributed by atoms with Gasteiger partial charge in [0.2, 0.25) is 0 Å². The van der Waals surface area contributed by atoms with Gasteiger partial charge in [-0.3, -0.25) is 9.69 Å². The zero-order valence-electron chi connectivity index (χ0n) is 15.8. The van der Waals surface area contributed by atoms with E-state index in [0.717, 1.165) is 23.0 Å². The van der Waals surface area contributed by atoms with Crippen LogP contribution < -0.4 is 10.1 Å². The lowest BCUT2D eigenvalue weighted by Gasteiger charge is -2.14. The Morgan fingerprint density at radius 3 is 2.41 bits per heavy atom. The lowest BCUT2D eigenvalue weighted by molar-refractivity contribution is -0.123. The van der Waals surface area contributed by atoms with Gasteiger partial charge in [-0.25, -0.2) is 0 Å². The van der Waals surface area contributed by atoms with Crippen LogP contribution in [0.5, 0.6) is 5.75 Å². The van der Waals surface area contributed by atoms with Crippen LogP contribution in [-0.2, 0) is 24.3 Å². The minimum atomic E-state index is -0.123. The van der Waals surface area contributed by atoms with Gasteiger partial charge in [0, 0.05) is 13.1 Å². The second-order valence-electron chi connectivity index (χ2n) is 6.98. The zero-order valence-corrected chi connectivity index (χ0v) is 17.4. The normalized spacial score (nSPS) is 14.3. The Morgan fingerprint density at radius 2 is 1.74 bits per heavy atom. The molecule has 144 valence electrons. The van der Waals surface area contributed by atoms with Gasteiger partial charge in [-0.2, -0.15) is 0 Å². The summed E-state index contributed by atoms with van der Waals surface area (Å²) in [4.78, 5) is 14.5. The highest BCUT2D eigenvalue weighted by Crippen LogP contribution is 2.26. The van der Waals surface area contributed by atoms with E-state index in [0.29, 0.717) is 12.3 Å². The number of amides is 1. The lowest BCUT2D eigenvalue weighted by atomic mass is 10.1. The molecule has 1 N–H and O–H groups in total. The van der Waals surface area contributed by atoms with E-state index in [-0.39, 0.29) is 12.5 Å². The summed E-state index contributed by atoms with van der Waals surface area (Å²) in [5, 5.41) is 2.91. The molecule has 1 fully saturated rings. The van der Waals surface area contributed by atoms with E-state index in [1.165, 1.54) is 37.1 Å². The van der Waals surface area contributed by atoms with E-state index in [2.05, 4.69) is 57.3 Å². The first-order valence-electron chi connectivity index (χ1n) is 9.62. The molecule has 4 nitrogen and oxygen atoms in total. The Balaban J connectivity index is 1.42. The van der Waals surface area contributed by atoms with Gasteiger partial charge in [-0.15, -0.1) is 0 Å². The Bertz CT molecular complexity index is 755. The molecule has 0 saturated carbocycles. The number of likely N-dealkylation sites (tertiary alicyclic amines) is 1. The van der Waals surface area contributed by atoms with E-state index in [1.54, 1.807) is 0 Å². The van der Waals surface area contributed by atoms with Crippen molar-refractivity contribution in [2.24, 2.45) is 0 Å². The molecular formula is C22H27BrN2O2. The molecule has 1 aliphatic heterocycles. The predicted octanol–water partition coefficient (Wildman–Crippen LogP) is 4.30. The molecule has 2 aromatic carbocycles. The largest absolute Gasteiger partial charge is 0.483 e. The Hall–Kier alpha value is -1.85. The molecule has 0 bridgehead atoms. The van der Waals surface area contributed by atoms with Crippen molar-refractivity contribution in [3.05, 3.63) is 63.6 Å². The molecule has 3 rings (SSSR count). The van der Waals surface area contributed by atoms with E-state index in [9.17, 15) is 4.79 Å². The number of halogens is 1. The molecular weight excluding hydrogens is 404 g/mol. The number of nitrogens with zero attached hydrogens (tertiary/aromatic N) is 1. The summed E-state index contributed by atoms with van der Waals surface area (Å²) in [7, 11) is 0. The van der Waals surface area contributed by atoms with Gasteiger partial charge in [0.15, 0.2) is 6.61 Å². The van der Waals surface area contributed by atoms with Crippen LogP contribution in [0.2, 0.25) is 0 Å². The van der Waals surface area contributed by atoms with Crippen LogP contribution in [0.3, 0.4) is 0 Å². The number of hydrogen-bond acceptors (Lipinski definition) is 3. The predicted molar refractivity (Wildman–Crippen MR) is 112 cm³/mol. The van der Waals surface area contributed by atoms with Gasteiger partial charge in [-0.1, -0.05) is 37.3 Å². The molecule has 0 aliphatic carbocycles. The van der Waals surface area contributed by atoms with Crippen molar-refractivity contribution in [3.8, 4) is 5.75 Å². The quantitative estimate of drug-likeness (QED) is 0.678. The van der Waals surface area contributed by atoms with Crippen LogP contribution >= 0.6 is 15.9 Å². The standard InChI is InChI=1S/C22H27BrN2O2/c1-2-17-9-10-21(20(23)13-17)27-16-22(26)24-14-18-5-7-19(8-6-18)15-25-11-3-4-12-25/h5-10,13H,2-4,11-12,14-16H2,1H3,(H,24,26). The van der Waals surface area contributed by atoms with Crippen molar-refractivity contribution in [1.29, 1.82) is 0 Å². The van der Waals surface area contributed by atoms with Crippen LogP contribution in [0.25, 0.3) is 0 Å². The van der Waals surface area contributed by atoms with Crippen LogP contribution in [0.1, 0.15) is 36.5 Å². The number of hydrogen-bond donors (Lipinski definition) is 1. The summed E-state index contributed by atoms with van der Waals surface area (Å²) >= 11 is 3.49. The van der Waals surface area contributed by atoms with Gasteiger partial charge in [-0.05, 0) is 77.1 Å². The van der Waals surface area contributed by atoms with Crippen LogP contribution in [0.15, 0.2) is 46.9 Å². The Kier molecular flexibility index (Phi) is 7.30. The zero-order chi connectivity index (χ0) is 19.1. The summed E-state index contributed by atoms with van der Waals surface area (Å²) in [5.41, 5.74) is 3.66. The van der Waals surface area contributed by atoms with Gasteiger partial charge in [0.05, 0.1) is 4.47 Å². The van der Waals surface area contributed by atoms with Crippen molar-refractivity contribution in [3.63, 3.8) is 0 Å². The molecule has 0 aromatic heterocycles. The summed E-state index contributed by atoms with van der Waals surface area (Å²) < 4.78 is 6.49. The van der Waals surface area contributed by atoms with Crippen molar-refractivity contribution >= 4 is 21.8 Å². The Morgan fingerprint density at radius 1 is 1.07 bits per heavy atom. The van der Waals surface area contributed by atoms with Gasteiger partial charge < -0.3 is 10.1 Å². The molecule has 1 aliphatic rings. The number of benzene rings is 2. The van der Waals surface area contributed by atoms with Gasteiger partial charge in [0.25, 0.3) is 5.91 Å². The highest BCUT2D eigenvalue weighted by molar-refractivity contribution is 9.10. The smallest absolute Gasteiger partial charge is 0.258 e. The highest BCUT2D eigenvalue weighted by Gasteiger charge is 2.11. The molecule has 27 heavy (non-hydrogen) atoms. The van der Waals surface area contributed by atoms with E-state index in [4.69, 9.17) is 4.74 Å². The summed E-state index contributed by atoms with van der Waals surface area (Å²) in [6.45, 7) is 6.06. The third-order valence-corrected chi connectivity index (χ3v) is 5.50. The topological polar surface area (TPSA) is 41.6 Å². The maximum Gasteiger partial charge on any atom is 0.258 e. The molecule has 1 saturated heterocycles. The SMILES string of the molecule is CCc1ccc(OCC(=O)NCc2ccc(CN3CCCC3)cc2)c(Br)c1. The van der Waals surface area contributed by atoms with E-state index >= 15 is 0 Å². The number of nitrogens with one attached hydrogen (secondary N) is 1. The molecule has 0 unspecified atom stereocenters. The monoisotopic (exact) mass is 430 g/mol. The first-order chi connectivity index (χ1) is 13.1. The maximum atomic E-state index is 12.1. The fraction of sp³-hybridized carbons (Fsp3) is 0.409. The summed E-state index contributed by atoms with van der Waals surface area (Å²) in [5.74, 6) is 0.566. The minimum Gasteiger partial charge on any atom is -0.483 e. The molecule has 0 spiro atoms. The fourth-order valence-corrected chi connectivity index (χ4v) is 3.78. The summed E-state index contributed by atoms with van der Waals surface area (Å²) in [6, 6.07) is 14.4. The van der Waals surface area contributed by atoms with Crippen molar-refractivity contribution in [2.75, 3.05) is 19.7 Å². The average Bonchev–Trinajstić information content (AvgIpc) is 3.19. The molecule has 0 atom stereocenters. The number of carbonyl (C=O) groups is 1. The first-order valence-corrected chi connectivity index (χ1v) is 10.4. The minimum absolute atomic E-state index is 0.0110. The first kappa shape index (κ1) is 19.9. The maximum absolute atomic E-state index is 12.1. The van der Waals surface area contributed by atoms with Crippen molar-refractivity contribution < 1.29 is 9.53 Å². The third kappa shape index (κ3) is 6.08. The second-order valence-corrected chi connectivity index (χ2v) is 7.84. The molecule has 0 radical (unpaired) electrons. The van der Waals surface area contributed by atoms with Crippen LogP contribution in [0.4, 0.5) is 0 Å². The number of ether oxygens (including phenoxy) is 1. The van der Waals surface area contributed by atoms with E-state index < -0.39 is 0 Å². The summed E-state index contributed by atoms with van der Waals surface area (Å²) in [6.07, 6.45) is 3.59. The number of carbonyl (C=O) groups excluding carboxylic acids is 1. The third-order valence-electron chi connectivity index (χ3n) is 4.88. The number of rotatable bonds is 8. The Labute approximate surface area is 170 Å². The van der Waals surface area contributed by atoms with Crippen molar-refractivity contribution in [2.45, 2.75) is 39.3 Å². The molecule has 5 heteroatoms. The van der Waals surface area contributed by atoms with Crippen LogP contribution in [-0.4, -0.2) is 30.5 Å². The van der Waals surface area contributed by atoms with Crippen molar-refractivity contribution in [1.82, 2.24) is 10.2 Å². The molecule has 1 heterocycles. The van der Waals surface area contributed by atoms with Gasteiger partial charge >= 0.3 is 0 Å². The number of aryl methyl sites for hydroxylation is 1. The highest BCUT2D eigenvalue weighted by atomic mass is 79.9. The molecule has 1 amide bonds. The average molecular weight is 431 g/mol.